The number of carboxylic acid groups (broad SMARTS) is 1. The summed E-state index contributed by atoms with van der Waals surface area (Å²) in [5.74, 6) is -1.99. The zero-order valence-corrected chi connectivity index (χ0v) is 35.3. The second-order valence-corrected chi connectivity index (χ2v) is 12.8. The summed E-state index contributed by atoms with van der Waals surface area (Å²) in [5, 5.41) is 28.6. The van der Waals surface area contributed by atoms with E-state index in [1.165, 1.54) is 75.8 Å². The minimum atomic E-state index is -1.24. The number of benzene rings is 2. The Kier molecular flexibility index (Phi) is 24.1. The van der Waals surface area contributed by atoms with E-state index in [0.717, 1.165) is 25.7 Å². The van der Waals surface area contributed by atoms with Crippen LogP contribution in [0.15, 0.2) is 85.3 Å². The zero-order chi connectivity index (χ0) is 41.1. The van der Waals surface area contributed by atoms with Gasteiger partial charge >= 0.3 is 20.1 Å². The number of nitrogens with zero attached hydrogens (tertiary/aromatic N) is 5. The summed E-state index contributed by atoms with van der Waals surface area (Å²) in [6.45, 7) is 5.34. The van der Waals surface area contributed by atoms with Crippen molar-refractivity contribution >= 4 is 5.97 Å². The van der Waals surface area contributed by atoms with Crippen LogP contribution in [0.4, 0.5) is 8.78 Å². The fourth-order valence-electron chi connectivity index (χ4n) is 5.46. The van der Waals surface area contributed by atoms with Crippen LogP contribution in [0.3, 0.4) is 0 Å². The van der Waals surface area contributed by atoms with E-state index >= 15 is 0 Å². The number of halogens is 2. The van der Waals surface area contributed by atoms with Gasteiger partial charge in [0.25, 0.3) is 0 Å². The van der Waals surface area contributed by atoms with E-state index < -0.39 is 17.6 Å². The molecule has 0 radical (unpaired) electrons. The SMILES string of the molecule is CCCCCCCCOc1c[c-]c(-c2ccccn2)c(F)c1C#N.CCCCCCCCOc1c[c-]c(-c2ccccn2)c(F)c1C#N.O=C([O-])c1ccccn1.[Ir+3]. The molecule has 0 aliphatic rings. The van der Waals surface area contributed by atoms with Crippen LogP contribution in [0.25, 0.3) is 22.5 Å². The van der Waals surface area contributed by atoms with Gasteiger partial charge in [-0.2, -0.15) is 10.5 Å². The molecule has 0 atom stereocenters. The monoisotopic (exact) mass is 965 g/mol. The first kappa shape index (κ1) is 48.6. The Labute approximate surface area is 354 Å². The Morgan fingerprint density at radius 2 is 1.03 bits per heavy atom. The van der Waals surface area contributed by atoms with Crippen molar-refractivity contribution in [2.45, 2.75) is 90.9 Å². The van der Waals surface area contributed by atoms with Crippen LogP contribution < -0.4 is 14.6 Å². The third-order valence-electron chi connectivity index (χ3n) is 8.52. The molecule has 0 saturated heterocycles. The molecule has 3 heterocycles. The molecule has 0 bridgehead atoms. The summed E-state index contributed by atoms with van der Waals surface area (Å²) in [6, 6.07) is 27.6. The number of hydrogen-bond acceptors (Lipinski definition) is 9. The first-order valence-electron chi connectivity index (χ1n) is 19.3. The second kappa shape index (κ2) is 28.8. The standard InChI is InChI=1S/2C20H22FN2O.C6H5NO2.Ir/c2*1-2-3-4-5-6-9-14-24-19-12-11-16(20(21)17(19)15-22)18-10-7-8-13-23-18;8-6(9)5-3-1-2-4-7-5;/h2*7-8,10,12-13H,2-6,9,14H2,1H3;1-4H,(H,8,9);/q2*-1;;+3/p-1. The average Bonchev–Trinajstić information content (AvgIpc) is 3.24. The van der Waals surface area contributed by atoms with Crippen molar-refractivity contribution in [3.8, 4) is 46.2 Å². The van der Waals surface area contributed by atoms with Crippen LogP contribution in [0.2, 0.25) is 0 Å². The Balaban J connectivity index is 0.000000325. The van der Waals surface area contributed by atoms with E-state index in [9.17, 15) is 29.2 Å². The van der Waals surface area contributed by atoms with Gasteiger partial charge in [0.15, 0.2) is 0 Å². The van der Waals surface area contributed by atoms with Gasteiger partial charge < -0.3 is 29.3 Å². The van der Waals surface area contributed by atoms with Crippen LogP contribution in [-0.4, -0.2) is 34.1 Å². The predicted molar refractivity (Wildman–Crippen MR) is 213 cm³/mol. The molecular formula is C46H48F2IrN5O4. The normalized spacial score (nSPS) is 9.97. The van der Waals surface area contributed by atoms with Crippen LogP contribution in [0.5, 0.6) is 11.5 Å². The van der Waals surface area contributed by atoms with E-state index in [1.807, 2.05) is 12.1 Å². The van der Waals surface area contributed by atoms with E-state index in [2.05, 4.69) is 40.9 Å². The largest absolute Gasteiger partial charge is 3.00 e. The maximum absolute atomic E-state index is 14.6. The maximum atomic E-state index is 14.6. The summed E-state index contributed by atoms with van der Waals surface area (Å²) >= 11 is 0. The number of unbranched alkanes of at least 4 members (excludes halogenated alkanes) is 10. The van der Waals surface area contributed by atoms with Gasteiger partial charge in [0.2, 0.25) is 0 Å². The molecule has 0 aliphatic carbocycles. The fourth-order valence-corrected chi connectivity index (χ4v) is 5.46. The van der Waals surface area contributed by atoms with E-state index in [1.54, 1.807) is 60.9 Å². The molecule has 0 N–H and O–H groups in total. The van der Waals surface area contributed by atoms with Crippen LogP contribution >= 0.6 is 0 Å². The van der Waals surface area contributed by atoms with Gasteiger partial charge in [0, 0.05) is 29.7 Å². The molecule has 5 rings (SSSR count). The smallest absolute Gasteiger partial charge is 0.543 e. The summed E-state index contributed by atoms with van der Waals surface area (Å²) in [6.07, 6.45) is 18.3. The molecule has 3 aromatic heterocycles. The first-order valence-corrected chi connectivity index (χ1v) is 19.3. The number of ether oxygens (including phenoxy) is 2. The van der Waals surface area contributed by atoms with Crippen LogP contribution in [-0.2, 0) is 20.1 Å². The molecule has 304 valence electrons. The minimum absolute atomic E-state index is 0. The summed E-state index contributed by atoms with van der Waals surface area (Å²) in [7, 11) is 0. The van der Waals surface area contributed by atoms with Gasteiger partial charge in [0.05, 0.1) is 60.1 Å². The van der Waals surface area contributed by atoms with Crippen molar-refractivity contribution in [1.82, 2.24) is 15.0 Å². The van der Waals surface area contributed by atoms with Crippen molar-refractivity contribution in [2.75, 3.05) is 13.2 Å². The first-order chi connectivity index (χ1) is 27.9. The van der Waals surface area contributed by atoms with E-state index in [-0.39, 0.29) is 59.6 Å². The molecule has 0 spiro atoms. The molecule has 0 saturated carbocycles. The number of carboxylic acids is 1. The molecular weight excluding hydrogens is 917 g/mol. The van der Waals surface area contributed by atoms with Gasteiger partial charge in [-0.15, -0.1) is 24.3 Å². The maximum Gasteiger partial charge on any atom is 3.00 e. The summed E-state index contributed by atoms with van der Waals surface area (Å²) in [4.78, 5) is 21.8. The van der Waals surface area contributed by atoms with Crippen molar-refractivity contribution < 1.29 is 48.3 Å². The zero-order valence-electron chi connectivity index (χ0n) is 32.9. The molecule has 58 heavy (non-hydrogen) atoms. The van der Waals surface area contributed by atoms with Crippen molar-refractivity contribution in [1.29, 1.82) is 10.5 Å². The molecule has 9 nitrogen and oxygen atoms in total. The average molecular weight is 965 g/mol. The van der Waals surface area contributed by atoms with Crippen molar-refractivity contribution in [2.24, 2.45) is 0 Å². The van der Waals surface area contributed by atoms with Gasteiger partial charge in [-0.25, -0.2) is 0 Å². The minimum Gasteiger partial charge on any atom is -0.543 e. The summed E-state index contributed by atoms with van der Waals surface area (Å²) in [5.41, 5.74) is 1.10. The summed E-state index contributed by atoms with van der Waals surface area (Å²) < 4.78 is 40.3. The molecule has 0 amide bonds. The molecule has 0 aliphatic heterocycles. The fraction of sp³-hybridized carbons (Fsp3) is 0.348. The second-order valence-electron chi connectivity index (χ2n) is 12.8. The number of aromatic nitrogens is 3. The van der Waals surface area contributed by atoms with E-state index in [4.69, 9.17) is 9.47 Å². The Bertz CT molecular complexity index is 1890. The topological polar surface area (TPSA) is 145 Å². The quantitative estimate of drug-likeness (QED) is 0.0583. The third kappa shape index (κ3) is 16.5. The Morgan fingerprint density at radius 3 is 1.36 bits per heavy atom. The van der Waals surface area contributed by atoms with Gasteiger partial charge in [-0.1, -0.05) is 120 Å². The van der Waals surface area contributed by atoms with Crippen LogP contribution in [0, 0.1) is 46.4 Å². The Hall–Kier alpha value is -5.55. The van der Waals surface area contributed by atoms with Crippen molar-refractivity contribution in [3.63, 3.8) is 0 Å². The molecule has 0 unspecified atom stereocenters. The number of rotatable bonds is 19. The van der Waals surface area contributed by atoms with Gasteiger partial charge in [-0.05, 0) is 48.5 Å². The Morgan fingerprint density at radius 1 is 0.638 bits per heavy atom. The third-order valence-corrected chi connectivity index (χ3v) is 8.52. The predicted octanol–water partition coefficient (Wildman–Crippen LogP) is 10.0. The van der Waals surface area contributed by atoms with Crippen LogP contribution in [0.1, 0.15) is 113 Å². The van der Waals surface area contributed by atoms with Crippen molar-refractivity contribution in [3.05, 3.63) is 126 Å². The molecule has 0 fully saturated rings. The number of hydrogen-bond donors (Lipinski definition) is 0. The number of pyridine rings is 3. The number of aromatic carboxylic acids is 1. The number of carbonyl (C=O) groups is 1. The van der Waals surface area contributed by atoms with Gasteiger partial charge in [-0.3, -0.25) is 13.8 Å². The number of carbonyl (C=O) groups excluding carboxylic acids is 1. The van der Waals surface area contributed by atoms with Gasteiger partial charge in [0.1, 0.15) is 0 Å². The molecule has 2 aromatic carbocycles. The molecule has 5 aromatic rings. The molecule has 12 heteroatoms. The number of nitriles is 2. The van der Waals surface area contributed by atoms with E-state index in [0.29, 0.717) is 24.6 Å².